The number of nitrogen functional groups attached to an aromatic ring is 1. The molecule has 24 heavy (non-hydrogen) atoms. The van der Waals surface area contributed by atoms with E-state index in [2.05, 4.69) is 5.32 Å². The van der Waals surface area contributed by atoms with E-state index in [-0.39, 0.29) is 25.3 Å². The molecule has 0 aliphatic carbocycles. The number of carbonyl (C=O) groups is 2. The fourth-order valence-corrected chi connectivity index (χ4v) is 2.55. The highest BCUT2D eigenvalue weighted by Crippen LogP contribution is 2.25. The summed E-state index contributed by atoms with van der Waals surface area (Å²) in [6.45, 7) is 0.0330. The van der Waals surface area contributed by atoms with Crippen LogP contribution < -0.4 is 11.1 Å². The van der Waals surface area contributed by atoms with E-state index >= 15 is 0 Å². The fraction of sp³-hybridized carbons (Fsp3) is 0.400. The monoisotopic (exact) mass is 342 g/mol. The fourth-order valence-electron chi connectivity index (χ4n) is 2.55. The van der Waals surface area contributed by atoms with Crippen molar-refractivity contribution in [3.63, 3.8) is 0 Å². The molecule has 130 valence electrons. The summed E-state index contributed by atoms with van der Waals surface area (Å²) in [7, 11) is 0. The smallest absolute Gasteiger partial charge is 0.384 e. The lowest BCUT2D eigenvalue weighted by molar-refractivity contribution is -0.186. The van der Waals surface area contributed by atoms with Crippen molar-refractivity contribution in [2.24, 2.45) is 5.73 Å². The second-order valence-electron chi connectivity index (χ2n) is 5.48. The first kappa shape index (κ1) is 17.8. The van der Waals surface area contributed by atoms with Gasteiger partial charge in [-0.05, 0) is 18.4 Å². The quantitative estimate of drug-likeness (QED) is 0.565. The third kappa shape index (κ3) is 4.03. The van der Waals surface area contributed by atoms with Crippen molar-refractivity contribution in [3.05, 3.63) is 35.4 Å². The van der Waals surface area contributed by atoms with Crippen LogP contribution in [-0.2, 0) is 16.1 Å². The van der Waals surface area contributed by atoms with Crippen LogP contribution in [0.4, 0.5) is 13.2 Å². The number of likely N-dealkylation sites (tertiary alicyclic amines) is 1. The Labute approximate surface area is 136 Å². The number of amides is 2. The minimum absolute atomic E-state index is 0.0796. The SMILES string of the molecule is N=C(N)c1ccc(CNC(=O)[C@@H]2CCCN2C(=O)C(F)(F)F)cc1. The van der Waals surface area contributed by atoms with Crippen molar-refractivity contribution < 1.29 is 22.8 Å². The molecule has 9 heteroatoms. The Morgan fingerprint density at radius 3 is 2.46 bits per heavy atom. The number of carbonyl (C=O) groups excluding carboxylic acids is 2. The number of hydrogen-bond acceptors (Lipinski definition) is 3. The van der Waals surface area contributed by atoms with Gasteiger partial charge in [-0.1, -0.05) is 24.3 Å². The van der Waals surface area contributed by atoms with Crippen LogP contribution in [0.3, 0.4) is 0 Å². The Bertz CT molecular complexity index is 643. The van der Waals surface area contributed by atoms with Crippen LogP contribution in [-0.4, -0.2) is 41.3 Å². The first-order valence-corrected chi connectivity index (χ1v) is 7.29. The lowest BCUT2D eigenvalue weighted by Gasteiger charge is -2.24. The standard InChI is InChI=1S/C15H17F3N4O2/c16-15(17,18)14(24)22-7-1-2-11(22)13(23)21-8-9-3-5-10(6-4-9)12(19)20/h3-6,11H,1-2,7-8H2,(H3,19,20)(H,21,23)/t11-/m0/s1. The van der Waals surface area contributed by atoms with Crippen LogP contribution in [0.15, 0.2) is 24.3 Å². The van der Waals surface area contributed by atoms with E-state index in [1.54, 1.807) is 24.3 Å². The van der Waals surface area contributed by atoms with Crippen molar-refractivity contribution in [3.8, 4) is 0 Å². The van der Waals surface area contributed by atoms with Gasteiger partial charge in [-0.3, -0.25) is 15.0 Å². The van der Waals surface area contributed by atoms with Crippen LogP contribution >= 0.6 is 0 Å². The lowest BCUT2D eigenvalue weighted by atomic mass is 10.1. The number of nitrogens with two attached hydrogens (primary N) is 1. The van der Waals surface area contributed by atoms with Crippen LogP contribution in [0.5, 0.6) is 0 Å². The van der Waals surface area contributed by atoms with Crippen LogP contribution in [0.1, 0.15) is 24.0 Å². The lowest BCUT2D eigenvalue weighted by Crippen LogP contribution is -2.50. The summed E-state index contributed by atoms with van der Waals surface area (Å²) in [5.41, 5.74) is 6.57. The highest BCUT2D eigenvalue weighted by molar-refractivity contribution is 5.95. The number of nitrogens with one attached hydrogen (secondary N) is 2. The van der Waals surface area contributed by atoms with Gasteiger partial charge in [-0.15, -0.1) is 0 Å². The summed E-state index contributed by atoms with van der Waals surface area (Å²) < 4.78 is 37.6. The number of rotatable bonds is 4. The van der Waals surface area contributed by atoms with Crippen LogP contribution in [0, 0.1) is 5.41 Å². The van der Waals surface area contributed by atoms with E-state index < -0.39 is 24.0 Å². The maximum absolute atomic E-state index is 12.5. The zero-order chi connectivity index (χ0) is 17.9. The number of nitrogens with zero attached hydrogens (tertiary/aromatic N) is 1. The topological polar surface area (TPSA) is 99.3 Å². The van der Waals surface area contributed by atoms with Crippen molar-refractivity contribution in [1.29, 1.82) is 5.41 Å². The molecule has 0 radical (unpaired) electrons. The zero-order valence-corrected chi connectivity index (χ0v) is 12.7. The normalized spacial score (nSPS) is 17.6. The summed E-state index contributed by atoms with van der Waals surface area (Å²) in [5.74, 6) is -2.68. The Balaban J connectivity index is 1.96. The summed E-state index contributed by atoms with van der Waals surface area (Å²) in [5, 5.41) is 9.82. The summed E-state index contributed by atoms with van der Waals surface area (Å²) in [4.78, 5) is 24.0. The van der Waals surface area contributed by atoms with E-state index in [0.717, 1.165) is 0 Å². The molecule has 1 atom stereocenters. The molecule has 0 spiro atoms. The molecule has 0 aromatic heterocycles. The average Bonchev–Trinajstić information content (AvgIpc) is 3.00. The molecule has 1 aromatic carbocycles. The van der Waals surface area contributed by atoms with E-state index in [1.807, 2.05) is 0 Å². The molecular weight excluding hydrogens is 325 g/mol. The van der Waals surface area contributed by atoms with Gasteiger partial charge in [0.2, 0.25) is 5.91 Å². The van der Waals surface area contributed by atoms with Gasteiger partial charge in [0, 0.05) is 18.7 Å². The first-order valence-electron chi connectivity index (χ1n) is 7.29. The third-order valence-corrected chi connectivity index (χ3v) is 3.79. The third-order valence-electron chi connectivity index (χ3n) is 3.79. The van der Waals surface area contributed by atoms with Crippen LogP contribution in [0.2, 0.25) is 0 Å². The molecule has 0 bridgehead atoms. The predicted octanol–water partition coefficient (Wildman–Crippen LogP) is 1.14. The molecule has 1 fully saturated rings. The van der Waals surface area contributed by atoms with Crippen molar-refractivity contribution in [2.45, 2.75) is 31.6 Å². The molecule has 0 unspecified atom stereocenters. The number of hydrogen-bond donors (Lipinski definition) is 3. The van der Waals surface area contributed by atoms with E-state index in [1.165, 1.54) is 0 Å². The van der Waals surface area contributed by atoms with Gasteiger partial charge in [0.05, 0.1) is 0 Å². The van der Waals surface area contributed by atoms with Crippen LogP contribution in [0.25, 0.3) is 0 Å². The van der Waals surface area contributed by atoms with E-state index in [9.17, 15) is 22.8 Å². The Morgan fingerprint density at radius 2 is 1.92 bits per heavy atom. The van der Waals surface area contributed by atoms with E-state index in [4.69, 9.17) is 11.1 Å². The number of halogens is 3. The van der Waals surface area contributed by atoms with Gasteiger partial charge in [0.25, 0.3) is 0 Å². The molecule has 6 nitrogen and oxygen atoms in total. The molecule has 1 saturated heterocycles. The Morgan fingerprint density at radius 1 is 1.29 bits per heavy atom. The highest BCUT2D eigenvalue weighted by atomic mass is 19.4. The van der Waals surface area contributed by atoms with E-state index in [0.29, 0.717) is 22.4 Å². The minimum Gasteiger partial charge on any atom is -0.384 e. The molecule has 2 amide bonds. The Kier molecular flexibility index (Phi) is 5.10. The molecule has 0 saturated carbocycles. The molecule has 1 heterocycles. The molecule has 1 aromatic rings. The maximum atomic E-state index is 12.5. The largest absolute Gasteiger partial charge is 0.471 e. The molecule has 4 N–H and O–H groups in total. The number of amidine groups is 1. The second kappa shape index (κ2) is 6.90. The van der Waals surface area contributed by atoms with Crippen molar-refractivity contribution in [2.75, 3.05) is 6.54 Å². The van der Waals surface area contributed by atoms with Gasteiger partial charge >= 0.3 is 12.1 Å². The predicted molar refractivity (Wildman–Crippen MR) is 80.1 cm³/mol. The molecule has 2 rings (SSSR count). The molecular formula is C15H17F3N4O2. The maximum Gasteiger partial charge on any atom is 0.471 e. The summed E-state index contributed by atoms with van der Waals surface area (Å²) in [6, 6.07) is 5.43. The number of benzene rings is 1. The molecule has 1 aliphatic rings. The number of alkyl halides is 3. The summed E-state index contributed by atoms with van der Waals surface area (Å²) in [6.07, 6.45) is -4.42. The van der Waals surface area contributed by atoms with Gasteiger partial charge < -0.3 is 16.0 Å². The molecule has 1 aliphatic heterocycles. The second-order valence-corrected chi connectivity index (χ2v) is 5.48. The highest BCUT2D eigenvalue weighted by Gasteiger charge is 2.47. The zero-order valence-electron chi connectivity index (χ0n) is 12.7. The first-order chi connectivity index (χ1) is 11.2. The van der Waals surface area contributed by atoms with Gasteiger partial charge in [0.15, 0.2) is 0 Å². The van der Waals surface area contributed by atoms with Crippen molar-refractivity contribution in [1.82, 2.24) is 10.2 Å². The van der Waals surface area contributed by atoms with Crippen molar-refractivity contribution >= 4 is 17.6 Å². The summed E-state index contributed by atoms with van der Waals surface area (Å²) >= 11 is 0. The van der Waals surface area contributed by atoms with Gasteiger partial charge in [-0.2, -0.15) is 13.2 Å². The average molecular weight is 342 g/mol. The van der Waals surface area contributed by atoms with Gasteiger partial charge in [-0.25, -0.2) is 0 Å². The Hall–Kier alpha value is -2.58. The minimum atomic E-state index is -4.98. The van der Waals surface area contributed by atoms with Gasteiger partial charge in [0.1, 0.15) is 11.9 Å².